The largest absolute Gasteiger partial charge is 0.364 e. The SMILES string of the molecule is Cn1c(C2CC(NC(=O)c3ccon3)C2)nc2ccccc21. The molecule has 0 unspecified atom stereocenters. The van der Waals surface area contributed by atoms with Crippen LogP contribution in [-0.4, -0.2) is 26.7 Å². The van der Waals surface area contributed by atoms with Crippen molar-refractivity contribution in [1.29, 1.82) is 0 Å². The van der Waals surface area contributed by atoms with Crippen molar-refractivity contribution in [3.8, 4) is 0 Å². The number of amides is 1. The molecule has 6 heteroatoms. The molecule has 0 radical (unpaired) electrons. The van der Waals surface area contributed by atoms with Gasteiger partial charge in [0.15, 0.2) is 5.69 Å². The second-order valence-corrected chi connectivity index (χ2v) is 5.74. The van der Waals surface area contributed by atoms with Crippen molar-refractivity contribution in [3.63, 3.8) is 0 Å². The third-order valence-electron chi connectivity index (χ3n) is 4.33. The molecule has 6 nitrogen and oxygen atoms in total. The summed E-state index contributed by atoms with van der Waals surface area (Å²) < 4.78 is 6.83. The Kier molecular flexibility index (Phi) is 2.96. The number of imidazole rings is 1. The fraction of sp³-hybridized carbons (Fsp3) is 0.312. The summed E-state index contributed by atoms with van der Waals surface area (Å²) >= 11 is 0. The molecule has 2 heterocycles. The standard InChI is InChI=1S/C16H16N4O2/c1-20-14-5-3-2-4-12(14)18-15(20)10-8-11(9-10)17-16(21)13-6-7-22-19-13/h2-7,10-11H,8-9H2,1H3,(H,17,21). The Morgan fingerprint density at radius 1 is 1.32 bits per heavy atom. The first-order chi connectivity index (χ1) is 10.7. The molecule has 0 aliphatic heterocycles. The predicted molar refractivity (Wildman–Crippen MR) is 80.4 cm³/mol. The summed E-state index contributed by atoms with van der Waals surface area (Å²) in [5.41, 5.74) is 2.49. The van der Waals surface area contributed by atoms with Crippen molar-refractivity contribution in [2.75, 3.05) is 0 Å². The summed E-state index contributed by atoms with van der Waals surface area (Å²) in [6, 6.07) is 9.87. The number of carbonyl (C=O) groups excluding carboxylic acids is 1. The number of rotatable bonds is 3. The van der Waals surface area contributed by atoms with Crippen molar-refractivity contribution >= 4 is 16.9 Å². The van der Waals surface area contributed by atoms with Gasteiger partial charge in [-0.1, -0.05) is 17.3 Å². The van der Waals surface area contributed by atoms with Crippen LogP contribution in [0.15, 0.2) is 41.1 Å². The molecular weight excluding hydrogens is 280 g/mol. The van der Waals surface area contributed by atoms with Crippen LogP contribution in [0.2, 0.25) is 0 Å². The van der Waals surface area contributed by atoms with E-state index in [2.05, 4.69) is 25.6 Å². The first kappa shape index (κ1) is 13.1. The van der Waals surface area contributed by atoms with Crippen LogP contribution < -0.4 is 5.32 Å². The topological polar surface area (TPSA) is 73.0 Å². The van der Waals surface area contributed by atoms with Crippen LogP contribution >= 0.6 is 0 Å². The molecule has 1 amide bonds. The summed E-state index contributed by atoms with van der Waals surface area (Å²) in [6.07, 6.45) is 3.21. The van der Waals surface area contributed by atoms with E-state index < -0.39 is 0 Å². The molecule has 22 heavy (non-hydrogen) atoms. The zero-order chi connectivity index (χ0) is 15.1. The molecule has 1 aliphatic rings. The molecule has 1 fully saturated rings. The molecule has 0 spiro atoms. The molecule has 1 aromatic carbocycles. The fourth-order valence-electron chi connectivity index (χ4n) is 3.06. The van der Waals surface area contributed by atoms with Gasteiger partial charge in [-0.25, -0.2) is 4.98 Å². The van der Waals surface area contributed by atoms with Gasteiger partial charge in [0.1, 0.15) is 12.1 Å². The molecule has 3 aromatic rings. The van der Waals surface area contributed by atoms with Gasteiger partial charge in [-0.2, -0.15) is 0 Å². The van der Waals surface area contributed by atoms with Crippen LogP contribution in [0.1, 0.15) is 35.1 Å². The van der Waals surface area contributed by atoms with Crippen LogP contribution in [0.5, 0.6) is 0 Å². The van der Waals surface area contributed by atoms with Crippen LogP contribution in [-0.2, 0) is 7.05 Å². The van der Waals surface area contributed by atoms with E-state index in [0.717, 1.165) is 29.7 Å². The second kappa shape index (κ2) is 4.98. The summed E-state index contributed by atoms with van der Waals surface area (Å²) in [5, 5.41) is 6.62. The lowest BCUT2D eigenvalue weighted by Crippen LogP contribution is -2.44. The zero-order valence-electron chi connectivity index (χ0n) is 12.2. The van der Waals surface area contributed by atoms with Gasteiger partial charge in [-0.3, -0.25) is 4.79 Å². The van der Waals surface area contributed by atoms with Gasteiger partial charge in [0, 0.05) is 25.1 Å². The van der Waals surface area contributed by atoms with E-state index in [9.17, 15) is 4.79 Å². The number of carbonyl (C=O) groups is 1. The Bertz CT molecular complexity index is 816. The molecule has 0 atom stereocenters. The molecule has 112 valence electrons. The number of benzene rings is 1. The van der Waals surface area contributed by atoms with E-state index in [1.54, 1.807) is 6.07 Å². The lowest BCUT2D eigenvalue weighted by atomic mass is 9.79. The molecule has 1 aliphatic carbocycles. The third kappa shape index (κ3) is 2.07. The van der Waals surface area contributed by atoms with Gasteiger partial charge in [0.05, 0.1) is 11.0 Å². The number of para-hydroxylation sites is 2. The Labute approximate surface area is 127 Å². The highest BCUT2D eigenvalue weighted by Crippen LogP contribution is 2.37. The van der Waals surface area contributed by atoms with Crippen molar-refractivity contribution in [2.45, 2.75) is 24.8 Å². The molecule has 4 rings (SSSR count). The second-order valence-electron chi connectivity index (χ2n) is 5.74. The van der Waals surface area contributed by atoms with E-state index in [4.69, 9.17) is 4.98 Å². The minimum absolute atomic E-state index is 0.175. The highest BCUT2D eigenvalue weighted by molar-refractivity contribution is 5.92. The monoisotopic (exact) mass is 296 g/mol. The average molecular weight is 296 g/mol. The number of fused-ring (bicyclic) bond motifs is 1. The number of nitrogens with zero attached hydrogens (tertiary/aromatic N) is 3. The lowest BCUT2D eigenvalue weighted by Gasteiger charge is -2.35. The quantitative estimate of drug-likeness (QED) is 0.804. The molecule has 1 saturated carbocycles. The molecule has 2 aromatic heterocycles. The Hall–Kier alpha value is -2.63. The van der Waals surface area contributed by atoms with Gasteiger partial charge >= 0.3 is 0 Å². The van der Waals surface area contributed by atoms with E-state index >= 15 is 0 Å². The van der Waals surface area contributed by atoms with Crippen LogP contribution in [0.3, 0.4) is 0 Å². The van der Waals surface area contributed by atoms with Crippen LogP contribution in [0, 0.1) is 0 Å². The summed E-state index contributed by atoms with van der Waals surface area (Å²) in [6.45, 7) is 0. The van der Waals surface area contributed by atoms with E-state index in [1.165, 1.54) is 6.26 Å². The lowest BCUT2D eigenvalue weighted by molar-refractivity contribution is 0.0898. The summed E-state index contributed by atoms with van der Waals surface area (Å²) in [7, 11) is 2.05. The van der Waals surface area contributed by atoms with Crippen LogP contribution in [0.25, 0.3) is 11.0 Å². The van der Waals surface area contributed by atoms with Crippen LogP contribution in [0.4, 0.5) is 0 Å². The fourth-order valence-corrected chi connectivity index (χ4v) is 3.06. The predicted octanol–water partition coefficient (Wildman–Crippen LogP) is 2.24. The average Bonchev–Trinajstić information content (AvgIpc) is 3.11. The normalized spacial score (nSPS) is 20.8. The van der Waals surface area contributed by atoms with Crippen molar-refractivity contribution in [1.82, 2.24) is 20.0 Å². The number of hydrogen-bond acceptors (Lipinski definition) is 4. The molecule has 0 saturated heterocycles. The maximum atomic E-state index is 11.9. The molecule has 0 bridgehead atoms. The maximum Gasteiger partial charge on any atom is 0.273 e. The number of hydrogen-bond donors (Lipinski definition) is 1. The third-order valence-corrected chi connectivity index (χ3v) is 4.33. The minimum atomic E-state index is -0.179. The van der Waals surface area contributed by atoms with Gasteiger partial charge in [0.2, 0.25) is 0 Å². The van der Waals surface area contributed by atoms with Gasteiger partial charge in [-0.05, 0) is 25.0 Å². The van der Waals surface area contributed by atoms with Gasteiger partial charge in [0.25, 0.3) is 5.91 Å². The van der Waals surface area contributed by atoms with Gasteiger partial charge < -0.3 is 14.4 Å². The van der Waals surface area contributed by atoms with Crippen molar-refractivity contribution in [3.05, 3.63) is 48.1 Å². The smallest absolute Gasteiger partial charge is 0.273 e. The minimum Gasteiger partial charge on any atom is -0.364 e. The first-order valence-corrected chi connectivity index (χ1v) is 7.35. The Morgan fingerprint density at radius 3 is 2.86 bits per heavy atom. The van der Waals surface area contributed by atoms with E-state index in [0.29, 0.717) is 11.6 Å². The zero-order valence-corrected chi connectivity index (χ0v) is 12.2. The summed E-state index contributed by atoms with van der Waals surface area (Å²) in [5.74, 6) is 1.30. The highest BCUT2D eigenvalue weighted by atomic mass is 16.5. The van der Waals surface area contributed by atoms with Crippen molar-refractivity contribution in [2.24, 2.45) is 7.05 Å². The first-order valence-electron chi connectivity index (χ1n) is 7.35. The van der Waals surface area contributed by atoms with E-state index in [1.807, 2.05) is 25.2 Å². The maximum absolute atomic E-state index is 11.9. The number of nitrogens with one attached hydrogen (secondary N) is 1. The number of aromatic nitrogens is 3. The molecular formula is C16H16N4O2. The van der Waals surface area contributed by atoms with Gasteiger partial charge in [-0.15, -0.1) is 0 Å². The Morgan fingerprint density at radius 2 is 2.14 bits per heavy atom. The Balaban J connectivity index is 1.44. The number of aryl methyl sites for hydroxylation is 1. The van der Waals surface area contributed by atoms with E-state index in [-0.39, 0.29) is 11.9 Å². The summed E-state index contributed by atoms with van der Waals surface area (Å²) in [4.78, 5) is 16.6. The molecule has 1 N–H and O–H groups in total. The van der Waals surface area contributed by atoms with Crippen molar-refractivity contribution < 1.29 is 9.32 Å². The highest BCUT2D eigenvalue weighted by Gasteiger charge is 2.34.